The standard InChI is InChI=1S/C10H14N2O3.CH3Cl/c1-7-5-8(14-2)6-15-10-11-9(13)3-4-12(7)10;1-2/h3-4,7-8H,5-6H2,1-2H3;1H3. The Kier molecular flexibility index (Phi) is 5.44. The maximum absolute atomic E-state index is 11.1. The van der Waals surface area contributed by atoms with Crippen LogP contribution in [0.4, 0.5) is 0 Å². The van der Waals surface area contributed by atoms with Crippen molar-refractivity contribution in [3.63, 3.8) is 0 Å². The molecule has 2 rings (SSSR count). The average molecular weight is 261 g/mol. The van der Waals surface area contributed by atoms with Gasteiger partial charge in [0.2, 0.25) is 0 Å². The Morgan fingerprint density at radius 2 is 2.29 bits per heavy atom. The zero-order chi connectivity index (χ0) is 12.8. The van der Waals surface area contributed by atoms with Gasteiger partial charge in [-0.05, 0) is 13.3 Å². The van der Waals surface area contributed by atoms with Gasteiger partial charge in [-0.3, -0.25) is 9.36 Å². The molecule has 0 amide bonds. The van der Waals surface area contributed by atoms with Crippen LogP contribution in [0.1, 0.15) is 19.4 Å². The van der Waals surface area contributed by atoms with Crippen LogP contribution in [-0.4, -0.2) is 35.8 Å². The normalized spacial score (nSPS) is 22.6. The first kappa shape index (κ1) is 14.0. The average Bonchev–Trinajstić information content (AvgIpc) is 2.51. The van der Waals surface area contributed by atoms with Crippen LogP contribution >= 0.6 is 11.6 Å². The molecule has 2 unspecified atom stereocenters. The van der Waals surface area contributed by atoms with Gasteiger partial charge in [-0.15, -0.1) is 11.6 Å². The minimum absolute atomic E-state index is 0.0526. The van der Waals surface area contributed by atoms with Crippen molar-refractivity contribution in [2.24, 2.45) is 0 Å². The molecule has 6 heteroatoms. The second kappa shape index (κ2) is 6.61. The highest BCUT2D eigenvalue weighted by atomic mass is 35.5. The van der Waals surface area contributed by atoms with E-state index in [1.807, 2.05) is 4.57 Å². The molecular weight excluding hydrogens is 244 g/mol. The van der Waals surface area contributed by atoms with Crippen molar-refractivity contribution in [3.05, 3.63) is 22.6 Å². The Morgan fingerprint density at radius 3 is 2.94 bits per heavy atom. The van der Waals surface area contributed by atoms with E-state index in [-0.39, 0.29) is 17.7 Å². The van der Waals surface area contributed by atoms with Crippen molar-refractivity contribution < 1.29 is 9.47 Å². The van der Waals surface area contributed by atoms with Crippen molar-refractivity contribution in [3.8, 4) is 6.01 Å². The van der Waals surface area contributed by atoms with Crippen molar-refractivity contribution in [2.75, 3.05) is 20.1 Å². The van der Waals surface area contributed by atoms with Gasteiger partial charge in [-0.2, -0.15) is 4.98 Å². The predicted molar refractivity (Wildman–Crippen MR) is 65.9 cm³/mol. The van der Waals surface area contributed by atoms with Crippen molar-refractivity contribution in [1.82, 2.24) is 9.55 Å². The summed E-state index contributed by atoms with van der Waals surface area (Å²) in [7, 11) is 1.66. The lowest BCUT2D eigenvalue weighted by Crippen LogP contribution is -2.19. The number of alkyl halides is 1. The van der Waals surface area contributed by atoms with Gasteiger partial charge in [0, 0.05) is 31.8 Å². The number of nitrogens with zero attached hydrogens (tertiary/aromatic N) is 2. The van der Waals surface area contributed by atoms with Gasteiger partial charge in [-0.25, -0.2) is 0 Å². The molecule has 1 aromatic heterocycles. The summed E-state index contributed by atoms with van der Waals surface area (Å²) in [5.74, 6) is 0. The molecule has 0 fully saturated rings. The molecular formula is C11H17ClN2O3. The fourth-order valence-corrected chi connectivity index (χ4v) is 1.73. The van der Waals surface area contributed by atoms with Crippen molar-refractivity contribution >= 4 is 11.6 Å². The van der Waals surface area contributed by atoms with Gasteiger partial charge in [0.1, 0.15) is 6.61 Å². The Bertz CT molecular complexity index is 408. The van der Waals surface area contributed by atoms with Crippen molar-refractivity contribution in [1.29, 1.82) is 0 Å². The van der Waals surface area contributed by atoms with Crippen LogP contribution in [0.5, 0.6) is 6.01 Å². The fourth-order valence-electron chi connectivity index (χ4n) is 1.73. The van der Waals surface area contributed by atoms with Gasteiger partial charge in [0.25, 0.3) is 11.6 Å². The van der Waals surface area contributed by atoms with Crippen molar-refractivity contribution in [2.45, 2.75) is 25.5 Å². The summed E-state index contributed by atoms with van der Waals surface area (Å²) in [6, 6.07) is 2.05. The molecule has 0 radical (unpaired) electrons. The fraction of sp³-hybridized carbons (Fsp3) is 0.636. The van der Waals surface area contributed by atoms with Crippen LogP contribution in [0.15, 0.2) is 17.1 Å². The summed E-state index contributed by atoms with van der Waals surface area (Å²) in [6.07, 6.45) is 4.10. The molecule has 0 saturated heterocycles. The number of fused-ring (bicyclic) bond motifs is 1. The summed E-state index contributed by atoms with van der Waals surface area (Å²) >= 11 is 4.64. The minimum atomic E-state index is -0.274. The van der Waals surface area contributed by atoms with E-state index in [9.17, 15) is 4.79 Å². The highest BCUT2D eigenvalue weighted by molar-refractivity contribution is 6.15. The topological polar surface area (TPSA) is 53.4 Å². The summed E-state index contributed by atoms with van der Waals surface area (Å²) in [4.78, 5) is 14.9. The van der Waals surface area contributed by atoms with E-state index in [4.69, 9.17) is 9.47 Å². The number of halogens is 1. The summed E-state index contributed by atoms with van der Waals surface area (Å²) in [5, 5.41) is 0. The predicted octanol–water partition coefficient (Wildman–Crippen LogP) is 1.46. The SMILES string of the molecule is CCl.COC1COc2nc(=O)ccn2C(C)C1. The van der Waals surface area contributed by atoms with Gasteiger partial charge in [0.15, 0.2) is 0 Å². The Hall–Kier alpha value is -1.07. The summed E-state index contributed by atoms with van der Waals surface area (Å²) < 4.78 is 12.6. The number of ether oxygens (including phenoxy) is 2. The molecule has 17 heavy (non-hydrogen) atoms. The van der Waals surface area contributed by atoms with Crippen LogP contribution in [0.3, 0.4) is 0 Å². The second-order valence-corrected chi connectivity index (χ2v) is 3.71. The number of rotatable bonds is 1. The highest BCUT2D eigenvalue weighted by Gasteiger charge is 2.21. The maximum atomic E-state index is 11.1. The third kappa shape index (κ3) is 3.44. The zero-order valence-corrected chi connectivity index (χ0v) is 11.0. The minimum Gasteiger partial charge on any atom is -0.462 e. The van der Waals surface area contributed by atoms with E-state index < -0.39 is 0 Å². The first-order valence-electron chi connectivity index (χ1n) is 5.33. The molecule has 96 valence electrons. The van der Waals surface area contributed by atoms with E-state index in [2.05, 4.69) is 23.5 Å². The Labute approximate surface area is 105 Å². The van der Waals surface area contributed by atoms with Crippen LogP contribution < -0.4 is 10.3 Å². The van der Waals surface area contributed by atoms with E-state index in [1.165, 1.54) is 12.4 Å². The van der Waals surface area contributed by atoms with E-state index in [0.717, 1.165) is 6.42 Å². The Morgan fingerprint density at radius 1 is 1.59 bits per heavy atom. The lowest BCUT2D eigenvalue weighted by Gasteiger charge is -2.15. The molecule has 0 bridgehead atoms. The molecule has 0 saturated carbocycles. The quantitative estimate of drug-likeness (QED) is 0.718. The Balaban J connectivity index is 0.000000686. The molecule has 1 aliphatic heterocycles. The van der Waals surface area contributed by atoms with Gasteiger partial charge in [0.05, 0.1) is 6.10 Å². The van der Waals surface area contributed by atoms with E-state index in [0.29, 0.717) is 12.6 Å². The molecule has 5 nitrogen and oxygen atoms in total. The zero-order valence-electron chi connectivity index (χ0n) is 10.2. The highest BCUT2D eigenvalue weighted by Crippen LogP contribution is 2.23. The van der Waals surface area contributed by atoms with Gasteiger partial charge < -0.3 is 9.47 Å². The summed E-state index contributed by atoms with van der Waals surface area (Å²) in [5.41, 5.74) is -0.274. The molecule has 0 N–H and O–H groups in total. The van der Waals surface area contributed by atoms with Gasteiger partial charge in [-0.1, -0.05) is 0 Å². The maximum Gasteiger partial charge on any atom is 0.299 e. The molecule has 0 aliphatic carbocycles. The van der Waals surface area contributed by atoms with Gasteiger partial charge >= 0.3 is 0 Å². The number of hydrogen-bond acceptors (Lipinski definition) is 4. The monoisotopic (exact) mass is 260 g/mol. The first-order chi connectivity index (χ1) is 8.20. The second-order valence-electron chi connectivity index (χ2n) is 3.71. The number of hydrogen-bond donors (Lipinski definition) is 0. The van der Waals surface area contributed by atoms with Crippen LogP contribution in [0.2, 0.25) is 0 Å². The molecule has 0 aromatic carbocycles. The summed E-state index contributed by atoms with van der Waals surface area (Å²) in [6.45, 7) is 2.49. The molecule has 1 aromatic rings. The molecule has 1 aliphatic rings. The lowest BCUT2D eigenvalue weighted by atomic mass is 10.1. The van der Waals surface area contributed by atoms with E-state index in [1.54, 1.807) is 13.3 Å². The number of aromatic nitrogens is 2. The number of methoxy groups -OCH3 is 1. The largest absolute Gasteiger partial charge is 0.462 e. The molecule has 2 heterocycles. The lowest BCUT2D eigenvalue weighted by molar-refractivity contribution is 0.0529. The van der Waals surface area contributed by atoms with Crippen LogP contribution in [0.25, 0.3) is 0 Å². The molecule has 0 spiro atoms. The van der Waals surface area contributed by atoms with Crippen LogP contribution in [-0.2, 0) is 4.74 Å². The van der Waals surface area contributed by atoms with Crippen LogP contribution in [0, 0.1) is 0 Å². The molecule has 2 atom stereocenters. The smallest absolute Gasteiger partial charge is 0.299 e. The van der Waals surface area contributed by atoms with E-state index >= 15 is 0 Å². The third-order valence-electron chi connectivity index (χ3n) is 2.61. The first-order valence-corrected chi connectivity index (χ1v) is 6.09. The third-order valence-corrected chi connectivity index (χ3v) is 2.61.